The number of carboxylic acid groups (broad SMARTS) is 1. The van der Waals surface area contributed by atoms with E-state index < -0.39 is 5.97 Å². The summed E-state index contributed by atoms with van der Waals surface area (Å²) in [5, 5.41) is 10.4. The van der Waals surface area contributed by atoms with Crippen LogP contribution in [-0.2, 0) is 11.2 Å². The van der Waals surface area contributed by atoms with Crippen LogP contribution in [0.4, 0.5) is 0 Å². The Morgan fingerprint density at radius 3 is 2.47 bits per heavy atom. The lowest BCUT2D eigenvalue weighted by Crippen LogP contribution is -2.09. The third kappa shape index (κ3) is 2.69. The molecular weight excluding hydrogens is 258 g/mol. The molecule has 4 heteroatoms. The quantitative estimate of drug-likeness (QED) is 0.887. The molecule has 1 atom stereocenters. The second-order valence-electron chi connectivity index (χ2n) is 5.83. The van der Waals surface area contributed by atoms with E-state index in [4.69, 9.17) is 4.98 Å². The molecule has 2 aliphatic rings. The summed E-state index contributed by atoms with van der Waals surface area (Å²) < 4.78 is 0. The largest absolute Gasteiger partial charge is 0.481 e. The van der Waals surface area contributed by atoms with Gasteiger partial charge in [-0.2, -0.15) is 0 Å². The molecule has 1 heterocycles. The molecule has 0 aliphatic heterocycles. The van der Waals surface area contributed by atoms with Gasteiger partial charge < -0.3 is 5.11 Å². The molecule has 3 nitrogen and oxygen atoms in total. The number of rotatable bonds is 2. The second-order valence-corrected chi connectivity index (χ2v) is 6.95. The summed E-state index contributed by atoms with van der Waals surface area (Å²) in [6.07, 6.45) is 10.8. The van der Waals surface area contributed by atoms with Crippen molar-refractivity contribution in [2.45, 2.75) is 69.6 Å². The molecule has 0 bridgehead atoms. The molecular formula is C15H21NO2S. The fourth-order valence-corrected chi connectivity index (χ4v) is 4.68. The number of carbonyl (C=O) groups is 1. The number of aromatic nitrogens is 1. The first-order valence-corrected chi connectivity index (χ1v) is 8.29. The predicted molar refractivity (Wildman–Crippen MR) is 75.9 cm³/mol. The van der Waals surface area contributed by atoms with Crippen LogP contribution in [0, 0.1) is 0 Å². The topological polar surface area (TPSA) is 50.2 Å². The molecule has 1 aromatic heterocycles. The van der Waals surface area contributed by atoms with Crippen molar-refractivity contribution in [3.05, 3.63) is 15.6 Å². The fraction of sp³-hybridized carbons (Fsp3) is 0.733. The fourth-order valence-electron chi connectivity index (χ4n) is 3.36. The lowest BCUT2D eigenvalue weighted by molar-refractivity contribution is -0.138. The highest BCUT2D eigenvalue weighted by Gasteiger charge is 2.33. The summed E-state index contributed by atoms with van der Waals surface area (Å²) in [5.41, 5.74) is 0.884. The monoisotopic (exact) mass is 279 g/mol. The van der Waals surface area contributed by atoms with Gasteiger partial charge in [-0.25, -0.2) is 4.98 Å². The first-order chi connectivity index (χ1) is 9.25. The number of nitrogens with zero attached hydrogens (tertiary/aromatic N) is 1. The summed E-state index contributed by atoms with van der Waals surface area (Å²) in [6.45, 7) is 0. The van der Waals surface area contributed by atoms with Gasteiger partial charge in [-0.15, -0.1) is 11.3 Å². The van der Waals surface area contributed by atoms with Crippen molar-refractivity contribution < 1.29 is 9.90 Å². The van der Waals surface area contributed by atoms with E-state index in [2.05, 4.69) is 0 Å². The van der Waals surface area contributed by atoms with E-state index in [1.165, 1.54) is 54.8 Å². The van der Waals surface area contributed by atoms with Gasteiger partial charge in [0.15, 0.2) is 0 Å². The zero-order valence-electron chi connectivity index (χ0n) is 11.2. The average molecular weight is 279 g/mol. The Labute approximate surface area is 118 Å². The molecule has 0 saturated heterocycles. The molecule has 1 unspecified atom stereocenters. The van der Waals surface area contributed by atoms with E-state index >= 15 is 0 Å². The lowest BCUT2D eigenvalue weighted by atomic mass is 9.91. The molecule has 1 saturated carbocycles. The Balaban J connectivity index is 1.78. The molecule has 0 aromatic carbocycles. The summed E-state index contributed by atoms with van der Waals surface area (Å²) in [6, 6.07) is 0. The Morgan fingerprint density at radius 1 is 1.11 bits per heavy atom. The molecule has 19 heavy (non-hydrogen) atoms. The molecule has 1 N–H and O–H groups in total. The van der Waals surface area contributed by atoms with Gasteiger partial charge in [0, 0.05) is 10.8 Å². The third-order valence-electron chi connectivity index (χ3n) is 4.49. The number of hydrogen-bond acceptors (Lipinski definition) is 3. The molecule has 3 rings (SSSR count). The zero-order chi connectivity index (χ0) is 13.2. The van der Waals surface area contributed by atoms with E-state index in [9.17, 15) is 9.90 Å². The van der Waals surface area contributed by atoms with Crippen LogP contribution in [0.3, 0.4) is 0 Å². The molecule has 0 amide bonds. The number of aliphatic carboxylic acids is 1. The van der Waals surface area contributed by atoms with Gasteiger partial charge in [-0.05, 0) is 25.7 Å². The number of fused-ring (bicyclic) bond motifs is 1. The zero-order valence-corrected chi connectivity index (χ0v) is 12.0. The first-order valence-electron chi connectivity index (χ1n) is 7.48. The minimum atomic E-state index is -0.701. The first kappa shape index (κ1) is 13.1. The van der Waals surface area contributed by atoms with E-state index in [0.717, 1.165) is 18.5 Å². The van der Waals surface area contributed by atoms with Crippen LogP contribution in [0.25, 0.3) is 0 Å². The highest BCUT2D eigenvalue weighted by molar-refractivity contribution is 7.11. The van der Waals surface area contributed by atoms with Crippen molar-refractivity contribution in [3.8, 4) is 0 Å². The summed E-state index contributed by atoms with van der Waals surface area (Å²) >= 11 is 1.79. The number of hydrogen-bond donors (Lipinski definition) is 1. The smallest absolute Gasteiger partial charge is 0.312 e. The van der Waals surface area contributed by atoms with Crippen LogP contribution in [0.5, 0.6) is 0 Å². The van der Waals surface area contributed by atoms with Gasteiger partial charge in [0.25, 0.3) is 0 Å². The van der Waals surface area contributed by atoms with Crippen LogP contribution in [0.1, 0.15) is 78.8 Å². The van der Waals surface area contributed by atoms with Crippen LogP contribution >= 0.6 is 11.3 Å². The van der Waals surface area contributed by atoms with Crippen LogP contribution < -0.4 is 0 Å². The van der Waals surface area contributed by atoms with E-state index in [0.29, 0.717) is 5.92 Å². The maximum atomic E-state index is 11.2. The molecule has 1 aromatic rings. The molecule has 1 fully saturated rings. The lowest BCUT2D eigenvalue weighted by Gasteiger charge is -2.17. The van der Waals surface area contributed by atoms with Crippen molar-refractivity contribution >= 4 is 17.3 Å². The standard InChI is InChI=1S/C15H21NO2S/c17-15(18)11-8-9-12-13(11)16-14(19-12)10-6-4-2-1-3-5-7-10/h10-11H,1-9H2,(H,17,18). The third-order valence-corrected chi connectivity index (χ3v) is 5.78. The molecule has 104 valence electrons. The SMILES string of the molecule is O=C(O)C1CCc2sc(C3CCCCCCC3)nc21. The summed E-state index contributed by atoms with van der Waals surface area (Å²) in [5.74, 6) is -0.452. The number of carboxylic acids is 1. The summed E-state index contributed by atoms with van der Waals surface area (Å²) in [7, 11) is 0. The Hall–Kier alpha value is -0.900. The van der Waals surface area contributed by atoms with Gasteiger partial charge in [0.2, 0.25) is 0 Å². The van der Waals surface area contributed by atoms with Crippen LogP contribution in [0.2, 0.25) is 0 Å². The Morgan fingerprint density at radius 2 is 1.79 bits per heavy atom. The van der Waals surface area contributed by atoms with Crippen molar-refractivity contribution in [3.63, 3.8) is 0 Å². The van der Waals surface area contributed by atoms with E-state index in [-0.39, 0.29) is 5.92 Å². The van der Waals surface area contributed by atoms with Gasteiger partial charge >= 0.3 is 5.97 Å². The number of aryl methyl sites for hydroxylation is 1. The van der Waals surface area contributed by atoms with Gasteiger partial charge in [0.1, 0.15) is 5.92 Å². The van der Waals surface area contributed by atoms with Gasteiger partial charge in [0.05, 0.1) is 10.7 Å². The van der Waals surface area contributed by atoms with Crippen LogP contribution in [-0.4, -0.2) is 16.1 Å². The second kappa shape index (κ2) is 5.61. The van der Waals surface area contributed by atoms with E-state index in [1.54, 1.807) is 11.3 Å². The van der Waals surface area contributed by atoms with Crippen molar-refractivity contribution in [2.24, 2.45) is 0 Å². The predicted octanol–water partition coefficient (Wildman–Crippen LogP) is 4.09. The average Bonchev–Trinajstić information content (AvgIpc) is 2.86. The summed E-state index contributed by atoms with van der Waals surface area (Å²) in [4.78, 5) is 17.2. The van der Waals surface area contributed by atoms with Crippen molar-refractivity contribution in [2.75, 3.05) is 0 Å². The van der Waals surface area contributed by atoms with Crippen LogP contribution in [0.15, 0.2) is 0 Å². The Bertz CT molecular complexity index is 461. The molecule has 0 spiro atoms. The van der Waals surface area contributed by atoms with Gasteiger partial charge in [-0.3, -0.25) is 4.79 Å². The van der Waals surface area contributed by atoms with Crippen molar-refractivity contribution in [1.82, 2.24) is 4.98 Å². The molecule has 2 aliphatic carbocycles. The van der Waals surface area contributed by atoms with Gasteiger partial charge in [-0.1, -0.05) is 32.1 Å². The van der Waals surface area contributed by atoms with E-state index in [1.807, 2.05) is 0 Å². The minimum absolute atomic E-state index is 0.339. The highest BCUT2D eigenvalue weighted by Crippen LogP contribution is 2.41. The maximum Gasteiger partial charge on any atom is 0.312 e. The number of thiazole rings is 1. The maximum absolute atomic E-state index is 11.2. The normalized spacial score (nSPS) is 24.7. The minimum Gasteiger partial charge on any atom is -0.481 e. The highest BCUT2D eigenvalue weighted by atomic mass is 32.1. The molecule has 0 radical (unpaired) electrons. The Kier molecular flexibility index (Phi) is 3.87. The van der Waals surface area contributed by atoms with Crippen molar-refractivity contribution in [1.29, 1.82) is 0 Å².